The van der Waals surface area contributed by atoms with E-state index in [1.165, 1.54) is 6.26 Å². The molecular formula is C4H2N2O2. The first-order chi connectivity index (χ1) is 3.97. The topological polar surface area (TPSA) is 52.1 Å². The molecule has 0 amide bonds. The molecule has 0 aliphatic carbocycles. The molecule has 0 aromatic carbocycles. The summed E-state index contributed by atoms with van der Waals surface area (Å²) in [6.07, 6.45) is 1.51. The first-order valence-electron chi connectivity index (χ1n) is 2.12. The highest BCUT2D eigenvalue weighted by molar-refractivity contribution is 5.65. The largest absolute Gasteiger partial charge is 0.443 e. The Balaban J connectivity index is 3.06. The van der Waals surface area contributed by atoms with Crippen LogP contribution in [0, 0.1) is 0 Å². The highest BCUT2D eigenvalue weighted by atomic mass is 16.6. The van der Waals surface area contributed by atoms with Gasteiger partial charge in [0.25, 0.3) is 5.71 Å². The van der Waals surface area contributed by atoms with E-state index >= 15 is 0 Å². The number of rotatable bonds is 0. The molecule has 0 saturated carbocycles. The minimum atomic E-state index is 0.449. The van der Waals surface area contributed by atoms with Crippen molar-refractivity contribution in [2.45, 2.75) is 0 Å². The van der Waals surface area contributed by atoms with Gasteiger partial charge in [-0.15, -0.1) is 0 Å². The third-order valence-electron chi connectivity index (χ3n) is 0.888. The van der Waals surface area contributed by atoms with Crippen LogP contribution in [0.5, 0.6) is 0 Å². The van der Waals surface area contributed by atoms with E-state index < -0.39 is 0 Å². The molecule has 4 heteroatoms. The molecule has 2 rings (SSSR count). The molecule has 0 fully saturated rings. The van der Waals surface area contributed by atoms with Crippen molar-refractivity contribution in [2.75, 3.05) is 0 Å². The Morgan fingerprint density at radius 2 is 2.38 bits per heavy atom. The van der Waals surface area contributed by atoms with Gasteiger partial charge in [0.2, 0.25) is 0 Å². The van der Waals surface area contributed by atoms with Gasteiger partial charge in [0, 0.05) is 6.07 Å². The van der Waals surface area contributed by atoms with Crippen LogP contribution in [-0.4, -0.2) is 10.3 Å². The quantitative estimate of drug-likeness (QED) is 0.503. The van der Waals surface area contributed by atoms with Crippen LogP contribution in [0.3, 0.4) is 0 Å². The standard InChI is InChI=1S/C4H2N2O2/c1-2-7-4-3(1)5-8-6-4/h1-2H. The van der Waals surface area contributed by atoms with Crippen molar-refractivity contribution in [3.63, 3.8) is 0 Å². The zero-order chi connectivity index (χ0) is 5.40. The molecule has 40 valence electrons. The predicted molar refractivity (Wildman–Crippen MR) is 24.1 cm³/mol. The summed E-state index contributed by atoms with van der Waals surface area (Å²) in [5.41, 5.74) is 1.11. The number of aromatic nitrogens is 2. The van der Waals surface area contributed by atoms with Gasteiger partial charge in [0.15, 0.2) is 5.52 Å². The fraction of sp³-hybridized carbons (Fsp3) is 0. The molecule has 0 unspecified atom stereocenters. The minimum absolute atomic E-state index is 0.449. The maximum absolute atomic E-state index is 4.79. The van der Waals surface area contributed by atoms with Gasteiger partial charge >= 0.3 is 0 Å². The van der Waals surface area contributed by atoms with Crippen molar-refractivity contribution >= 4 is 11.2 Å². The van der Waals surface area contributed by atoms with Crippen LogP contribution in [-0.2, 0) is 0 Å². The van der Waals surface area contributed by atoms with Crippen molar-refractivity contribution in [3.8, 4) is 0 Å². The molecule has 0 atom stereocenters. The van der Waals surface area contributed by atoms with Gasteiger partial charge in [-0.05, 0) is 10.3 Å². The molecule has 0 saturated heterocycles. The Morgan fingerprint density at radius 1 is 1.38 bits per heavy atom. The molecule has 0 radical (unpaired) electrons. The molecule has 8 heavy (non-hydrogen) atoms. The van der Waals surface area contributed by atoms with E-state index in [-0.39, 0.29) is 0 Å². The van der Waals surface area contributed by atoms with Crippen LogP contribution in [0.25, 0.3) is 11.2 Å². The van der Waals surface area contributed by atoms with E-state index in [0.717, 1.165) is 0 Å². The molecule has 0 aliphatic heterocycles. The lowest BCUT2D eigenvalue weighted by molar-refractivity contribution is 0.307. The van der Waals surface area contributed by atoms with Gasteiger partial charge in [-0.25, -0.2) is 4.63 Å². The average molecular weight is 110 g/mol. The van der Waals surface area contributed by atoms with E-state index in [0.29, 0.717) is 11.2 Å². The predicted octanol–water partition coefficient (Wildman–Crippen LogP) is 0.816. The van der Waals surface area contributed by atoms with E-state index in [2.05, 4.69) is 14.9 Å². The molecular weight excluding hydrogens is 108 g/mol. The number of hydrogen-bond donors (Lipinski definition) is 0. The monoisotopic (exact) mass is 110 g/mol. The van der Waals surface area contributed by atoms with Crippen molar-refractivity contribution in [3.05, 3.63) is 12.3 Å². The smallest absolute Gasteiger partial charge is 0.288 e. The minimum Gasteiger partial charge on any atom is -0.443 e. The van der Waals surface area contributed by atoms with Crippen LogP contribution >= 0.6 is 0 Å². The number of fused-ring (bicyclic) bond motifs is 1. The SMILES string of the molecule is c1cc2nonc2o1. The summed E-state index contributed by atoms with van der Waals surface area (Å²) in [5.74, 6) is 0. The van der Waals surface area contributed by atoms with Crippen molar-refractivity contribution in [1.29, 1.82) is 0 Å². The Morgan fingerprint density at radius 3 is 3.25 bits per heavy atom. The van der Waals surface area contributed by atoms with Crippen LogP contribution in [0.15, 0.2) is 21.4 Å². The highest BCUT2D eigenvalue weighted by Gasteiger charge is 1.98. The number of hydrogen-bond acceptors (Lipinski definition) is 4. The van der Waals surface area contributed by atoms with E-state index in [4.69, 9.17) is 4.42 Å². The molecule has 0 spiro atoms. The van der Waals surface area contributed by atoms with Gasteiger partial charge in [0.05, 0.1) is 6.26 Å². The summed E-state index contributed by atoms with van der Waals surface area (Å²) in [5, 5.41) is 6.92. The van der Waals surface area contributed by atoms with Crippen LogP contribution in [0.1, 0.15) is 0 Å². The fourth-order valence-corrected chi connectivity index (χ4v) is 0.534. The van der Waals surface area contributed by atoms with Crippen molar-refractivity contribution < 1.29 is 9.05 Å². The average Bonchev–Trinajstić information content (AvgIpc) is 2.15. The lowest BCUT2D eigenvalue weighted by Gasteiger charge is -1.59. The van der Waals surface area contributed by atoms with Gasteiger partial charge in [0.1, 0.15) is 0 Å². The fourth-order valence-electron chi connectivity index (χ4n) is 0.534. The summed E-state index contributed by atoms with van der Waals surface area (Å²) in [6.45, 7) is 0. The van der Waals surface area contributed by atoms with E-state index in [1.54, 1.807) is 6.07 Å². The maximum Gasteiger partial charge on any atom is 0.288 e. The second-order valence-electron chi connectivity index (χ2n) is 1.38. The summed E-state index contributed by atoms with van der Waals surface area (Å²) < 4.78 is 9.10. The second kappa shape index (κ2) is 1.09. The summed E-state index contributed by atoms with van der Waals surface area (Å²) in [7, 11) is 0. The van der Waals surface area contributed by atoms with Gasteiger partial charge in [-0.3, -0.25) is 0 Å². The Labute approximate surface area is 44.0 Å². The Bertz CT molecular complexity index is 233. The molecule has 0 aliphatic rings. The van der Waals surface area contributed by atoms with Gasteiger partial charge in [-0.1, -0.05) is 0 Å². The lowest BCUT2D eigenvalue weighted by atomic mass is 10.6. The van der Waals surface area contributed by atoms with Gasteiger partial charge in [-0.2, -0.15) is 0 Å². The molecule has 0 N–H and O–H groups in total. The van der Waals surface area contributed by atoms with Gasteiger partial charge < -0.3 is 4.42 Å². The number of furan rings is 1. The third kappa shape index (κ3) is 0.294. The summed E-state index contributed by atoms with van der Waals surface area (Å²) >= 11 is 0. The van der Waals surface area contributed by atoms with Crippen LogP contribution in [0.2, 0.25) is 0 Å². The first kappa shape index (κ1) is 3.65. The first-order valence-corrected chi connectivity index (χ1v) is 2.12. The Kier molecular flexibility index (Phi) is 0.498. The summed E-state index contributed by atoms with van der Waals surface area (Å²) in [6, 6.07) is 1.69. The maximum atomic E-state index is 4.79. The molecule has 4 nitrogen and oxygen atoms in total. The zero-order valence-electron chi connectivity index (χ0n) is 3.87. The number of nitrogens with zero attached hydrogens (tertiary/aromatic N) is 2. The van der Waals surface area contributed by atoms with E-state index in [1.807, 2.05) is 0 Å². The zero-order valence-corrected chi connectivity index (χ0v) is 3.87. The van der Waals surface area contributed by atoms with E-state index in [9.17, 15) is 0 Å². The second-order valence-corrected chi connectivity index (χ2v) is 1.38. The van der Waals surface area contributed by atoms with Crippen LogP contribution in [0.4, 0.5) is 0 Å². The third-order valence-corrected chi connectivity index (χ3v) is 0.888. The summed E-state index contributed by atoms with van der Waals surface area (Å²) in [4.78, 5) is 0. The van der Waals surface area contributed by atoms with Crippen molar-refractivity contribution in [1.82, 2.24) is 10.3 Å². The molecule has 0 bridgehead atoms. The molecule has 2 aromatic heterocycles. The molecule has 2 heterocycles. The Hall–Kier alpha value is -1.32. The van der Waals surface area contributed by atoms with Crippen molar-refractivity contribution in [2.24, 2.45) is 0 Å². The van der Waals surface area contributed by atoms with Crippen LogP contribution < -0.4 is 0 Å². The molecule has 2 aromatic rings. The lowest BCUT2D eigenvalue weighted by Crippen LogP contribution is -1.50. The highest BCUT2D eigenvalue weighted by Crippen LogP contribution is 2.07. The normalized spacial score (nSPS) is 10.5.